The second kappa shape index (κ2) is 19.0. The summed E-state index contributed by atoms with van der Waals surface area (Å²) < 4.78 is 37.0. The Morgan fingerprint density at radius 3 is 1.87 bits per heavy atom. The van der Waals surface area contributed by atoms with Gasteiger partial charge in [0.25, 0.3) is 0 Å². The first-order chi connectivity index (χ1) is 29.1. The minimum absolute atomic E-state index is 0.0441. The number of aliphatic hydroxyl groups excluding tert-OH is 10. The molecule has 10 N–H and O–H groups in total. The van der Waals surface area contributed by atoms with E-state index in [1.807, 2.05) is 6.92 Å². The Balaban J connectivity index is 1.17. The van der Waals surface area contributed by atoms with Gasteiger partial charge in [-0.3, -0.25) is 4.79 Å². The van der Waals surface area contributed by atoms with Gasteiger partial charge in [0, 0.05) is 24.7 Å². The molecule has 3 heterocycles. The van der Waals surface area contributed by atoms with Gasteiger partial charge in [-0.1, -0.05) is 34.6 Å². The first-order valence-corrected chi connectivity index (χ1v) is 23.3. The van der Waals surface area contributed by atoms with Crippen LogP contribution in [0.5, 0.6) is 0 Å². The predicted molar refractivity (Wildman–Crippen MR) is 217 cm³/mol. The van der Waals surface area contributed by atoms with Crippen LogP contribution in [0.2, 0.25) is 0 Å². The van der Waals surface area contributed by atoms with E-state index in [-0.39, 0.29) is 35.4 Å². The Kier molecular flexibility index (Phi) is 15.0. The van der Waals surface area contributed by atoms with E-state index in [4.69, 9.17) is 28.4 Å². The number of hydrogen-bond acceptors (Lipinski definition) is 17. The van der Waals surface area contributed by atoms with Crippen LogP contribution in [0.3, 0.4) is 0 Å². The van der Waals surface area contributed by atoms with Crippen molar-refractivity contribution in [3.63, 3.8) is 0 Å². The van der Waals surface area contributed by atoms with Crippen molar-refractivity contribution in [2.24, 2.45) is 52.3 Å². The highest BCUT2D eigenvalue weighted by Gasteiger charge is 2.66. The molecule has 0 aromatic carbocycles. The van der Waals surface area contributed by atoms with Crippen molar-refractivity contribution in [3.8, 4) is 0 Å². The predicted octanol–water partition coefficient (Wildman–Crippen LogP) is 0.117. The van der Waals surface area contributed by atoms with Crippen molar-refractivity contribution in [3.05, 3.63) is 0 Å². The van der Waals surface area contributed by atoms with Crippen molar-refractivity contribution in [1.82, 2.24) is 0 Å². The highest BCUT2D eigenvalue weighted by Crippen LogP contribution is 2.69. The first kappa shape index (κ1) is 48.9. The summed E-state index contributed by atoms with van der Waals surface area (Å²) in [5.41, 5.74) is -0.863. The van der Waals surface area contributed by atoms with Crippen molar-refractivity contribution < 1.29 is 84.3 Å². The summed E-state index contributed by atoms with van der Waals surface area (Å²) in [4.78, 5) is 14.1. The van der Waals surface area contributed by atoms with Crippen LogP contribution in [0.1, 0.15) is 106 Å². The minimum Gasteiger partial charge on any atom is -0.394 e. The molecular weight excluding hydrogens is 812 g/mol. The standard InChI is InChI=1S/C45H76O17/c1-18(2)8-11-27(48)19(3)31-28(59-43-39(56)40(34(51)29(17-46)60-43)62-42-38(55)36(53)33(50)21(5)58-42)16-26-24-10-9-22-14-23(47)15-30(45(22,7)25(24)12-13-44(26,31)6)61-41-37(54)35(52)32(49)20(4)57-41/h18-26,28-43,46-47,49-56H,8-17H2,1-7H3/t19-,20+,21+,22+,23-,24-,25+,26+,28+,29-,30-,31+,32+,33+,34-,35-,36-,37-,38-,39-,40+,41+,42+,43-,44+,45+/m1/s1. The summed E-state index contributed by atoms with van der Waals surface area (Å²) in [5.74, 6) is 0.0887. The van der Waals surface area contributed by atoms with E-state index in [1.165, 1.54) is 6.92 Å². The molecule has 62 heavy (non-hydrogen) atoms. The van der Waals surface area contributed by atoms with Gasteiger partial charge in [-0.15, -0.1) is 0 Å². The van der Waals surface area contributed by atoms with Gasteiger partial charge >= 0.3 is 0 Å². The Morgan fingerprint density at radius 2 is 1.27 bits per heavy atom. The number of carbonyl (C=O) groups is 1. The molecule has 0 radical (unpaired) electrons. The molecule has 358 valence electrons. The zero-order valence-corrected chi connectivity index (χ0v) is 37.3. The van der Waals surface area contributed by atoms with Crippen LogP contribution in [0.25, 0.3) is 0 Å². The molecule has 7 rings (SSSR count). The SMILES string of the molecule is CC(C)CCC(=O)[C@@H](C)[C@H]1[C@@H](O[C@@H]2O[C@H](CO)[C@@H](O)[C@H](O[C@@H]3O[C@@H](C)[C@H](O)[C@@H](O)[C@H]3O)[C@H]2O)C[C@H]2[C@@H]3CC[C@H]4C[C@@H](O)C[C@@H](O[C@@H]5O[C@@H](C)[C@H](O)[C@@H](O)[C@H]5O)[C@]4(C)[C@H]3CC[C@]12C. The molecule has 0 spiro atoms. The van der Waals surface area contributed by atoms with Gasteiger partial charge in [0.05, 0.1) is 37.1 Å². The van der Waals surface area contributed by atoms with Gasteiger partial charge in [-0.05, 0) is 99.2 Å². The number of ketones is 1. The molecule has 0 aromatic heterocycles. The molecule has 3 saturated heterocycles. The van der Waals surface area contributed by atoms with Crippen LogP contribution < -0.4 is 0 Å². The van der Waals surface area contributed by atoms with Crippen molar-refractivity contribution in [2.75, 3.05) is 6.61 Å². The third-order valence-electron chi connectivity index (χ3n) is 17.1. The smallest absolute Gasteiger partial charge is 0.187 e. The van der Waals surface area contributed by atoms with Crippen LogP contribution in [-0.4, -0.2) is 174 Å². The topological polar surface area (TPSA) is 275 Å². The quantitative estimate of drug-likeness (QED) is 0.125. The number of aliphatic hydroxyl groups is 10. The monoisotopic (exact) mass is 889 g/mol. The molecule has 7 aliphatic rings. The van der Waals surface area contributed by atoms with Crippen LogP contribution in [-0.2, 0) is 33.2 Å². The third-order valence-corrected chi connectivity index (χ3v) is 17.1. The summed E-state index contributed by atoms with van der Waals surface area (Å²) in [6.07, 6.45) is -17.0. The Bertz CT molecular complexity index is 1520. The maximum atomic E-state index is 14.1. The average Bonchev–Trinajstić information content (AvgIpc) is 3.53. The highest BCUT2D eigenvalue weighted by atomic mass is 16.7. The molecule has 0 amide bonds. The zero-order valence-electron chi connectivity index (χ0n) is 37.3. The molecule has 17 heteroatoms. The summed E-state index contributed by atoms with van der Waals surface area (Å²) in [7, 11) is 0. The van der Waals surface area contributed by atoms with Crippen molar-refractivity contribution >= 4 is 5.78 Å². The summed E-state index contributed by atoms with van der Waals surface area (Å²) in [6.45, 7) is 13.0. The average molecular weight is 889 g/mol. The number of hydrogen-bond donors (Lipinski definition) is 10. The lowest BCUT2D eigenvalue weighted by Gasteiger charge is -2.63. The summed E-state index contributed by atoms with van der Waals surface area (Å²) >= 11 is 0. The molecule has 26 atom stereocenters. The molecule has 0 unspecified atom stereocenters. The lowest BCUT2D eigenvalue weighted by Crippen LogP contribution is -2.64. The maximum Gasteiger partial charge on any atom is 0.187 e. The third kappa shape index (κ3) is 8.71. The van der Waals surface area contributed by atoms with Gasteiger partial charge in [0.2, 0.25) is 0 Å². The number of fused-ring (bicyclic) bond motifs is 5. The molecule has 4 saturated carbocycles. The fraction of sp³-hybridized carbons (Fsp3) is 0.978. The van der Waals surface area contributed by atoms with Crippen LogP contribution in [0.4, 0.5) is 0 Å². The summed E-state index contributed by atoms with van der Waals surface area (Å²) in [5, 5.41) is 108. The van der Waals surface area contributed by atoms with Crippen LogP contribution in [0.15, 0.2) is 0 Å². The molecule has 3 aliphatic heterocycles. The lowest BCUT2D eigenvalue weighted by molar-refractivity contribution is -0.362. The van der Waals surface area contributed by atoms with Gasteiger partial charge < -0.3 is 79.5 Å². The van der Waals surface area contributed by atoms with Gasteiger partial charge in [-0.2, -0.15) is 0 Å². The first-order valence-electron chi connectivity index (χ1n) is 23.3. The van der Waals surface area contributed by atoms with Crippen LogP contribution >= 0.6 is 0 Å². The number of rotatable bonds is 12. The number of carbonyl (C=O) groups excluding carboxylic acids is 1. The Morgan fingerprint density at radius 1 is 0.677 bits per heavy atom. The van der Waals surface area contributed by atoms with Gasteiger partial charge in [-0.25, -0.2) is 0 Å². The fourth-order valence-electron chi connectivity index (χ4n) is 13.5. The van der Waals surface area contributed by atoms with E-state index in [9.17, 15) is 55.9 Å². The Labute approximate surface area is 365 Å². The largest absolute Gasteiger partial charge is 0.394 e. The van der Waals surface area contributed by atoms with Gasteiger partial charge in [0.1, 0.15) is 66.8 Å². The van der Waals surface area contributed by atoms with E-state index in [2.05, 4.69) is 27.7 Å². The number of Topliss-reactive ketones (excluding diaryl/α,β-unsaturated/α-hetero) is 1. The van der Waals surface area contributed by atoms with Crippen LogP contribution in [0, 0.1) is 52.3 Å². The molecule has 4 aliphatic carbocycles. The normalized spacial score (nSPS) is 53.7. The van der Waals surface area contributed by atoms with E-state index < -0.39 is 134 Å². The zero-order chi connectivity index (χ0) is 45.3. The van der Waals surface area contributed by atoms with E-state index in [1.54, 1.807) is 6.92 Å². The number of ether oxygens (including phenoxy) is 6. The molecule has 0 bridgehead atoms. The highest BCUT2D eigenvalue weighted by molar-refractivity contribution is 5.81. The minimum atomic E-state index is -1.72. The molecular formula is C45H76O17. The fourth-order valence-corrected chi connectivity index (χ4v) is 13.5. The molecule has 0 aromatic rings. The lowest BCUT2D eigenvalue weighted by atomic mass is 9.43. The Hall–Kier alpha value is -0.970. The van der Waals surface area contributed by atoms with E-state index in [0.29, 0.717) is 31.6 Å². The van der Waals surface area contributed by atoms with Gasteiger partial charge in [0.15, 0.2) is 18.9 Å². The maximum absolute atomic E-state index is 14.1. The van der Waals surface area contributed by atoms with Crippen molar-refractivity contribution in [2.45, 2.75) is 217 Å². The molecule has 17 nitrogen and oxygen atoms in total. The molecule has 7 fully saturated rings. The summed E-state index contributed by atoms with van der Waals surface area (Å²) in [6, 6.07) is 0. The second-order valence-corrected chi connectivity index (χ2v) is 21.1. The van der Waals surface area contributed by atoms with E-state index >= 15 is 0 Å². The van der Waals surface area contributed by atoms with E-state index in [0.717, 1.165) is 32.1 Å². The van der Waals surface area contributed by atoms with Crippen molar-refractivity contribution in [1.29, 1.82) is 0 Å². The second-order valence-electron chi connectivity index (χ2n) is 21.1.